The van der Waals surface area contributed by atoms with E-state index in [2.05, 4.69) is 24.0 Å². The second-order valence-electron chi connectivity index (χ2n) is 4.12. The van der Waals surface area contributed by atoms with Gasteiger partial charge in [-0.25, -0.2) is 0 Å². The smallest absolute Gasteiger partial charge is 0.0639 e. The highest BCUT2D eigenvalue weighted by atomic mass is 35.5. The summed E-state index contributed by atoms with van der Waals surface area (Å²) in [6, 6.07) is 8.12. The predicted octanol–water partition coefficient (Wildman–Crippen LogP) is 3.74. The summed E-state index contributed by atoms with van der Waals surface area (Å²) in [5.74, 6) is 0.869. The Hall–Kier alpha value is -0.730. The van der Waals surface area contributed by atoms with Gasteiger partial charge < -0.3 is 11.1 Å². The van der Waals surface area contributed by atoms with Crippen molar-refractivity contribution in [2.24, 2.45) is 5.92 Å². The maximum absolute atomic E-state index is 6.15. The highest BCUT2D eigenvalue weighted by molar-refractivity contribution is 6.33. The number of halogens is 1. The molecule has 84 valence electrons. The zero-order chi connectivity index (χ0) is 9.97. The van der Waals surface area contributed by atoms with E-state index in [1.54, 1.807) is 0 Å². The van der Waals surface area contributed by atoms with E-state index in [9.17, 15) is 0 Å². The van der Waals surface area contributed by atoms with E-state index in [4.69, 9.17) is 11.6 Å². The molecule has 0 bridgehead atoms. The summed E-state index contributed by atoms with van der Waals surface area (Å²) in [5.41, 5.74) is 1.20. The first kappa shape index (κ1) is 12.3. The summed E-state index contributed by atoms with van der Waals surface area (Å²) in [7, 11) is 0. The van der Waals surface area contributed by atoms with Crippen LogP contribution in [-0.2, 0) is 0 Å². The van der Waals surface area contributed by atoms with E-state index in [-0.39, 0.29) is 6.15 Å². The maximum atomic E-state index is 6.15. The van der Waals surface area contributed by atoms with Crippen LogP contribution in [0.5, 0.6) is 0 Å². The van der Waals surface area contributed by atoms with E-state index >= 15 is 0 Å². The molecule has 1 aliphatic rings. The van der Waals surface area contributed by atoms with Crippen LogP contribution in [0.4, 0.5) is 5.69 Å². The van der Waals surface area contributed by atoms with Crippen molar-refractivity contribution in [2.45, 2.75) is 19.8 Å². The largest absolute Gasteiger partial charge is 0.370 e. The van der Waals surface area contributed by atoms with Gasteiger partial charge in [-0.2, -0.15) is 0 Å². The van der Waals surface area contributed by atoms with Gasteiger partial charge in [0.2, 0.25) is 0 Å². The second kappa shape index (κ2) is 5.38. The summed E-state index contributed by atoms with van der Waals surface area (Å²) in [6.07, 6.45) is 2.57. The minimum absolute atomic E-state index is 0. The molecule has 0 amide bonds. The molecule has 3 heteroatoms. The molecular weight excluding hydrogens is 208 g/mol. The summed E-state index contributed by atoms with van der Waals surface area (Å²) in [5, 5.41) is 0.877. The molecule has 0 unspecified atom stereocenters. The van der Waals surface area contributed by atoms with E-state index < -0.39 is 0 Å². The molecule has 0 radical (unpaired) electrons. The predicted molar refractivity (Wildman–Crippen MR) is 67.1 cm³/mol. The van der Waals surface area contributed by atoms with Gasteiger partial charge in [-0.3, -0.25) is 0 Å². The molecule has 1 fully saturated rings. The Morgan fingerprint density at radius 2 is 1.80 bits per heavy atom. The number of rotatable bonds is 1. The topological polar surface area (TPSA) is 38.2 Å². The van der Waals surface area contributed by atoms with Crippen molar-refractivity contribution in [3.63, 3.8) is 0 Å². The van der Waals surface area contributed by atoms with Crippen LogP contribution in [0.15, 0.2) is 24.3 Å². The Kier molecular flexibility index (Phi) is 4.43. The van der Waals surface area contributed by atoms with Gasteiger partial charge in [-0.1, -0.05) is 30.7 Å². The average Bonchev–Trinajstić information content (AvgIpc) is 2.20. The number of nitrogens with zero attached hydrogens (tertiary/aromatic N) is 1. The number of benzene rings is 1. The third-order valence-corrected chi connectivity index (χ3v) is 3.30. The van der Waals surface area contributed by atoms with E-state index in [0.717, 1.165) is 24.0 Å². The van der Waals surface area contributed by atoms with Crippen molar-refractivity contribution in [2.75, 3.05) is 18.0 Å². The fraction of sp³-hybridized carbons (Fsp3) is 0.500. The molecule has 1 aromatic rings. The molecule has 3 N–H and O–H groups in total. The van der Waals surface area contributed by atoms with Crippen LogP contribution in [0.25, 0.3) is 0 Å². The molecule has 0 atom stereocenters. The van der Waals surface area contributed by atoms with Crippen LogP contribution in [0.1, 0.15) is 19.8 Å². The number of para-hydroxylation sites is 1. The van der Waals surface area contributed by atoms with Crippen LogP contribution < -0.4 is 11.1 Å². The van der Waals surface area contributed by atoms with Crippen molar-refractivity contribution >= 4 is 17.3 Å². The lowest BCUT2D eigenvalue weighted by Crippen LogP contribution is -2.32. The first-order valence-corrected chi connectivity index (χ1v) is 5.64. The van der Waals surface area contributed by atoms with E-state index in [1.165, 1.54) is 18.5 Å². The molecule has 1 aromatic carbocycles. The average molecular weight is 227 g/mol. The highest BCUT2D eigenvalue weighted by Gasteiger charge is 2.17. The minimum Gasteiger partial charge on any atom is -0.370 e. The van der Waals surface area contributed by atoms with Gasteiger partial charge in [0.25, 0.3) is 0 Å². The Morgan fingerprint density at radius 1 is 1.20 bits per heavy atom. The van der Waals surface area contributed by atoms with Crippen LogP contribution in [0.3, 0.4) is 0 Å². The third kappa shape index (κ3) is 2.86. The maximum Gasteiger partial charge on any atom is 0.0639 e. The number of piperidine rings is 1. The fourth-order valence-electron chi connectivity index (χ4n) is 1.96. The molecule has 2 nitrogen and oxygen atoms in total. The van der Waals surface area contributed by atoms with Crippen LogP contribution in [0.2, 0.25) is 5.02 Å². The molecule has 1 saturated heterocycles. The number of hydrogen-bond acceptors (Lipinski definition) is 2. The van der Waals surface area contributed by atoms with Crippen LogP contribution in [0, 0.1) is 5.92 Å². The van der Waals surface area contributed by atoms with Crippen molar-refractivity contribution in [3.05, 3.63) is 29.3 Å². The molecule has 15 heavy (non-hydrogen) atoms. The second-order valence-corrected chi connectivity index (χ2v) is 4.53. The standard InChI is InChI=1S/C12H16ClN.H3N/c1-10-6-8-14(9-7-10)12-5-3-2-4-11(12)13;/h2-5,10H,6-9H2,1H3;1H3. The summed E-state index contributed by atoms with van der Waals surface area (Å²) < 4.78 is 0. The molecule has 1 heterocycles. The molecular formula is C12H19ClN2. The third-order valence-electron chi connectivity index (χ3n) is 2.98. The first-order valence-electron chi connectivity index (χ1n) is 5.27. The lowest BCUT2D eigenvalue weighted by Gasteiger charge is -2.32. The van der Waals surface area contributed by atoms with E-state index in [1.807, 2.05) is 12.1 Å². The molecule has 0 saturated carbocycles. The zero-order valence-electron chi connectivity index (χ0n) is 9.25. The van der Waals surface area contributed by atoms with Gasteiger partial charge in [0, 0.05) is 13.1 Å². The molecule has 2 rings (SSSR count). The van der Waals surface area contributed by atoms with Crippen LogP contribution >= 0.6 is 11.6 Å². The van der Waals surface area contributed by atoms with Crippen molar-refractivity contribution in [1.29, 1.82) is 0 Å². The molecule has 1 aliphatic heterocycles. The van der Waals surface area contributed by atoms with Gasteiger partial charge in [0.15, 0.2) is 0 Å². The number of hydrogen-bond donors (Lipinski definition) is 1. The summed E-state index contributed by atoms with van der Waals surface area (Å²) in [4.78, 5) is 2.39. The summed E-state index contributed by atoms with van der Waals surface area (Å²) >= 11 is 6.15. The minimum atomic E-state index is 0. The van der Waals surface area contributed by atoms with Crippen molar-refractivity contribution in [1.82, 2.24) is 6.15 Å². The van der Waals surface area contributed by atoms with E-state index in [0.29, 0.717) is 0 Å². The fourth-order valence-corrected chi connectivity index (χ4v) is 2.21. The lowest BCUT2D eigenvalue weighted by molar-refractivity contribution is 0.438. The van der Waals surface area contributed by atoms with Gasteiger partial charge in [0.1, 0.15) is 0 Å². The quantitative estimate of drug-likeness (QED) is 0.792. The Morgan fingerprint density at radius 3 is 2.40 bits per heavy atom. The molecule has 0 aliphatic carbocycles. The SMILES string of the molecule is CC1CCN(c2ccccc2Cl)CC1.N. The molecule has 0 aromatic heterocycles. The normalized spacial score (nSPS) is 17.3. The first-order chi connectivity index (χ1) is 6.77. The van der Waals surface area contributed by atoms with Crippen LogP contribution in [-0.4, -0.2) is 13.1 Å². The molecule has 0 spiro atoms. The summed E-state index contributed by atoms with van der Waals surface area (Å²) in [6.45, 7) is 4.61. The highest BCUT2D eigenvalue weighted by Crippen LogP contribution is 2.28. The van der Waals surface area contributed by atoms with Gasteiger partial charge in [-0.15, -0.1) is 0 Å². The monoisotopic (exact) mass is 226 g/mol. The Labute approximate surface area is 96.8 Å². The number of anilines is 1. The van der Waals surface area contributed by atoms with Gasteiger partial charge in [-0.05, 0) is 30.9 Å². The van der Waals surface area contributed by atoms with Crippen molar-refractivity contribution < 1.29 is 0 Å². The Balaban J connectivity index is 0.00000112. The van der Waals surface area contributed by atoms with Crippen molar-refractivity contribution in [3.8, 4) is 0 Å². The van der Waals surface area contributed by atoms with Gasteiger partial charge >= 0.3 is 0 Å². The zero-order valence-corrected chi connectivity index (χ0v) is 10.0. The van der Waals surface area contributed by atoms with Gasteiger partial charge in [0.05, 0.1) is 10.7 Å². The lowest BCUT2D eigenvalue weighted by atomic mass is 9.99. The Bertz CT molecular complexity index is 306.